The van der Waals surface area contributed by atoms with E-state index in [4.69, 9.17) is 21.4 Å². The van der Waals surface area contributed by atoms with Crippen molar-refractivity contribution in [3.8, 4) is 11.1 Å². The smallest absolute Gasteiger partial charge is 0.388 e. The van der Waals surface area contributed by atoms with Gasteiger partial charge in [-0.15, -0.1) is 11.8 Å². The number of carbonyl (C=O) groups is 1. The number of anilines is 2. The fourth-order valence-electron chi connectivity index (χ4n) is 7.76. The molecule has 0 radical (unpaired) electrons. The van der Waals surface area contributed by atoms with Crippen LogP contribution in [0.4, 0.5) is 24.5 Å². The Kier molecular flexibility index (Phi) is 17.9. The SMILES string of the molecule is CCN(CCOP(=O)(O)O)CC[C@@H](CSc1ccccc1)Nc1ccc(S(=O)(=O)NC(=O)c2ccc(N3CCC(C(O)c4ccccc4-c4ccc(Cl)cc4)CC3)cc2)cc1S(=O)(=O)C(F)(F)F. The first-order valence-electron chi connectivity index (χ1n) is 21.4. The zero-order valence-corrected chi connectivity index (χ0v) is 40.7. The number of piperidine rings is 1. The molecule has 68 heavy (non-hydrogen) atoms. The summed E-state index contributed by atoms with van der Waals surface area (Å²) in [6, 6.07) is 31.6. The summed E-state index contributed by atoms with van der Waals surface area (Å²) in [6.45, 7) is 3.40. The molecule has 1 amide bonds. The molecule has 5 aromatic carbocycles. The molecule has 0 aromatic heterocycles. The van der Waals surface area contributed by atoms with Gasteiger partial charge in [0.05, 0.1) is 23.3 Å². The Morgan fingerprint density at radius 3 is 2.19 bits per heavy atom. The van der Waals surface area contributed by atoms with Crippen LogP contribution in [0.3, 0.4) is 0 Å². The van der Waals surface area contributed by atoms with E-state index in [9.17, 15) is 44.5 Å². The normalized spacial score (nSPS) is 15.0. The number of halogens is 4. The molecular formula is C46H51ClF3N4O10PS3. The highest BCUT2D eigenvalue weighted by molar-refractivity contribution is 7.99. The van der Waals surface area contributed by atoms with Crippen LogP contribution in [0, 0.1) is 5.92 Å². The van der Waals surface area contributed by atoms with E-state index < -0.39 is 66.7 Å². The van der Waals surface area contributed by atoms with E-state index in [1.807, 2.05) is 53.3 Å². The molecule has 0 bridgehead atoms. The fraction of sp³-hybridized carbons (Fsp3) is 0.326. The largest absolute Gasteiger partial charge is 0.501 e. The predicted octanol–water partition coefficient (Wildman–Crippen LogP) is 8.76. The topological polar surface area (TPSA) is 203 Å². The van der Waals surface area contributed by atoms with E-state index in [2.05, 4.69) is 14.7 Å². The van der Waals surface area contributed by atoms with Crippen LogP contribution in [0.2, 0.25) is 5.02 Å². The monoisotopic (exact) mass is 1040 g/mol. The number of thioether (sulfide) groups is 1. The Morgan fingerprint density at radius 1 is 0.912 bits per heavy atom. The number of sulfone groups is 1. The van der Waals surface area contributed by atoms with Gasteiger partial charge in [0.2, 0.25) is 0 Å². The van der Waals surface area contributed by atoms with Crippen molar-refractivity contribution >= 4 is 68.3 Å². The summed E-state index contributed by atoms with van der Waals surface area (Å²) in [4.78, 5) is 33.8. The fourth-order valence-corrected chi connectivity index (χ4v) is 11.2. The van der Waals surface area contributed by atoms with Crippen molar-refractivity contribution in [3.05, 3.63) is 137 Å². The molecule has 1 fully saturated rings. The average Bonchev–Trinajstić information content (AvgIpc) is 3.31. The van der Waals surface area contributed by atoms with Crippen molar-refractivity contribution in [2.24, 2.45) is 5.92 Å². The lowest BCUT2D eigenvalue weighted by molar-refractivity contribution is -0.0436. The summed E-state index contributed by atoms with van der Waals surface area (Å²) in [7, 11) is -15.8. The number of alkyl halides is 3. The van der Waals surface area contributed by atoms with E-state index in [0.29, 0.717) is 43.6 Å². The quantitative estimate of drug-likeness (QED) is 0.0345. The molecule has 1 aliphatic rings. The molecule has 14 nitrogen and oxygen atoms in total. The molecule has 5 aromatic rings. The summed E-state index contributed by atoms with van der Waals surface area (Å²) in [5, 5.41) is 15.0. The van der Waals surface area contributed by atoms with Crippen LogP contribution in [0.25, 0.3) is 11.1 Å². The second-order valence-corrected chi connectivity index (χ2v) is 22.3. The van der Waals surface area contributed by atoms with E-state index in [1.165, 1.54) is 23.9 Å². The highest BCUT2D eigenvalue weighted by Gasteiger charge is 2.48. The summed E-state index contributed by atoms with van der Waals surface area (Å²) < 4.78 is 114. The zero-order chi connectivity index (χ0) is 49.3. The van der Waals surface area contributed by atoms with Crippen LogP contribution in [0.15, 0.2) is 136 Å². The lowest BCUT2D eigenvalue weighted by atomic mass is 9.84. The number of benzene rings is 5. The number of aliphatic hydroxyl groups is 1. The van der Waals surface area contributed by atoms with E-state index in [-0.39, 0.29) is 43.4 Å². The molecule has 6 rings (SSSR count). The molecular weight excluding hydrogens is 988 g/mol. The number of hydrogen-bond donors (Lipinski definition) is 5. The minimum Gasteiger partial charge on any atom is -0.388 e. The van der Waals surface area contributed by atoms with Gasteiger partial charge in [0.15, 0.2) is 0 Å². The summed E-state index contributed by atoms with van der Waals surface area (Å²) >= 11 is 7.42. The molecule has 1 saturated heterocycles. The van der Waals surface area contributed by atoms with Crippen molar-refractivity contribution in [3.63, 3.8) is 0 Å². The highest BCUT2D eigenvalue weighted by Crippen LogP contribution is 2.39. The van der Waals surface area contributed by atoms with E-state index in [1.54, 1.807) is 54.3 Å². The first-order chi connectivity index (χ1) is 32.1. The molecule has 1 unspecified atom stereocenters. The maximum absolute atomic E-state index is 14.2. The molecule has 0 spiro atoms. The molecule has 2 atom stereocenters. The number of aliphatic hydroxyl groups excluding tert-OH is 1. The molecule has 0 saturated carbocycles. The third kappa shape index (κ3) is 14.1. The predicted molar refractivity (Wildman–Crippen MR) is 257 cm³/mol. The highest BCUT2D eigenvalue weighted by atomic mass is 35.5. The molecule has 1 aliphatic heterocycles. The number of phosphoric acid groups is 1. The number of hydrogen-bond acceptors (Lipinski definition) is 12. The van der Waals surface area contributed by atoms with Crippen LogP contribution >= 0.6 is 31.2 Å². The Labute approximate surface area is 403 Å². The molecule has 22 heteroatoms. The van der Waals surface area contributed by atoms with Gasteiger partial charge < -0.3 is 30.0 Å². The second kappa shape index (κ2) is 23.0. The number of nitrogens with one attached hydrogen (secondary N) is 2. The maximum atomic E-state index is 14.2. The first-order valence-corrected chi connectivity index (χ1v) is 27.3. The summed E-state index contributed by atoms with van der Waals surface area (Å²) in [5.41, 5.74) is -3.06. The van der Waals surface area contributed by atoms with Crippen LogP contribution in [0.5, 0.6) is 0 Å². The van der Waals surface area contributed by atoms with Gasteiger partial charge in [-0.3, -0.25) is 9.32 Å². The van der Waals surface area contributed by atoms with Crippen molar-refractivity contribution in [2.75, 3.05) is 55.3 Å². The summed E-state index contributed by atoms with van der Waals surface area (Å²) in [6.07, 6.45) is 0.784. The van der Waals surface area contributed by atoms with Crippen LogP contribution in [0.1, 0.15) is 48.2 Å². The van der Waals surface area contributed by atoms with Crippen molar-refractivity contribution in [2.45, 2.75) is 58.5 Å². The van der Waals surface area contributed by atoms with Gasteiger partial charge in [-0.2, -0.15) is 13.2 Å². The number of likely N-dealkylation sites (N-methyl/N-ethyl adjacent to an activating group) is 1. The third-order valence-electron chi connectivity index (χ3n) is 11.5. The van der Waals surface area contributed by atoms with Gasteiger partial charge in [0.1, 0.15) is 4.90 Å². The third-order valence-corrected chi connectivity index (χ3v) is 16.3. The Hall–Kier alpha value is -4.47. The molecule has 1 heterocycles. The van der Waals surface area contributed by atoms with Gasteiger partial charge >= 0.3 is 13.3 Å². The van der Waals surface area contributed by atoms with Crippen molar-refractivity contribution < 1.29 is 58.8 Å². The minimum atomic E-state index is -6.17. The standard InChI is InChI=1S/C46H51ClF3N4O10PS3/c1-2-53(28-29-64-65(57,58)59)25-24-36(31-66-38-8-4-3-5-9-38)51-42-21-20-39(30-43(42)67(60,61)46(48,49)50)68(62,63)52-45(56)34-14-18-37(19-15-34)54-26-22-33(23-27-54)44(55)41-11-7-6-10-40(41)32-12-16-35(47)17-13-32/h3-21,30,33,36,44,51,55H,2,22-29,31H2,1H3,(H,52,56)(H2,57,58,59)/t36-,44?/m0/s1. The second-order valence-electron chi connectivity index (χ2n) is 16.0. The maximum Gasteiger partial charge on any atom is 0.501 e. The Balaban J connectivity index is 1.14. The average molecular weight is 1040 g/mol. The lowest BCUT2D eigenvalue weighted by Crippen LogP contribution is -2.36. The Morgan fingerprint density at radius 2 is 1.56 bits per heavy atom. The van der Waals surface area contributed by atoms with Gasteiger partial charge in [0, 0.05) is 59.1 Å². The van der Waals surface area contributed by atoms with Gasteiger partial charge in [-0.1, -0.05) is 73.1 Å². The molecule has 366 valence electrons. The number of amides is 1. The number of rotatable bonds is 21. The van der Waals surface area contributed by atoms with Gasteiger partial charge in [0.25, 0.3) is 25.8 Å². The number of carbonyl (C=O) groups excluding carboxylic acids is 1. The minimum absolute atomic E-state index is 0.0409. The van der Waals surface area contributed by atoms with Crippen LogP contribution < -0.4 is 14.9 Å². The van der Waals surface area contributed by atoms with Gasteiger partial charge in [-0.25, -0.2) is 26.1 Å². The number of sulfonamides is 1. The first kappa shape index (κ1) is 52.9. The zero-order valence-electron chi connectivity index (χ0n) is 36.6. The lowest BCUT2D eigenvalue weighted by Gasteiger charge is -2.36. The van der Waals surface area contributed by atoms with Crippen LogP contribution in [-0.2, 0) is 28.9 Å². The van der Waals surface area contributed by atoms with Gasteiger partial charge in [-0.05, 0) is 115 Å². The number of nitrogens with zero attached hydrogens (tertiary/aromatic N) is 2. The summed E-state index contributed by atoms with van der Waals surface area (Å²) in [5.74, 6) is -0.936. The number of phosphoric ester groups is 1. The van der Waals surface area contributed by atoms with E-state index >= 15 is 0 Å². The van der Waals surface area contributed by atoms with Crippen LogP contribution in [-0.4, -0.2) is 99.2 Å². The molecule has 5 N–H and O–H groups in total. The Bertz CT molecular complexity index is 2770. The van der Waals surface area contributed by atoms with Crippen molar-refractivity contribution in [1.82, 2.24) is 9.62 Å². The molecule has 0 aliphatic carbocycles. The van der Waals surface area contributed by atoms with E-state index in [0.717, 1.165) is 39.4 Å². The van der Waals surface area contributed by atoms with Crippen molar-refractivity contribution in [1.29, 1.82) is 0 Å².